The van der Waals surface area contributed by atoms with E-state index < -0.39 is 10.9 Å². The number of ketones is 1. The fraction of sp³-hybridized carbons (Fsp3) is 0.0833. The number of esters is 1. The molecule has 0 aliphatic carbocycles. The second kappa shape index (κ2) is 9.98. The molecule has 0 heterocycles. The molecule has 0 fully saturated rings. The maximum Gasteiger partial charge on any atom is 0.343 e. The molecule has 156 valence electrons. The molecule has 3 rings (SSSR count). The Morgan fingerprint density at radius 2 is 1.58 bits per heavy atom. The molecule has 0 amide bonds. The van der Waals surface area contributed by atoms with Gasteiger partial charge in [-0.05, 0) is 67.1 Å². The Kier molecular flexibility index (Phi) is 6.90. The number of nitro groups is 1. The lowest BCUT2D eigenvalue weighted by Crippen LogP contribution is -2.08. The van der Waals surface area contributed by atoms with Gasteiger partial charge in [-0.1, -0.05) is 18.2 Å². The number of rotatable bonds is 8. The van der Waals surface area contributed by atoms with Crippen LogP contribution >= 0.6 is 0 Å². The summed E-state index contributed by atoms with van der Waals surface area (Å²) in [5.74, 6) is 0.168. The number of carbonyl (C=O) groups excluding carboxylic acids is 2. The van der Waals surface area contributed by atoms with Gasteiger partial charge in [0, 0.05) is 17.7 Å². The quantitative estimate of drug-likeness (QED) is 0.126. The minimum absolute atomic E-state index is 0.0479. The van der Waals surface area contributed by atoms with Gasteiger partial charge in [0.05, 0.1) is 17.1 Å². The number of hydrogen-bond acceptors (Lipinski definition) is 6. The van der Waals surface area contributed by atoms with Crippen molar-refractivity contribution < 1.29 is 24.0 Å². The van der Waals surface area contributed by atoms with E-state index in [0.717, 1.165) is 0 Å². The van der Waals surface area contributed by atoms with Crippen molar-refractivity contribution in [1.29, 1.82) is 0 Å². The smallest absolute Gasteiger partial charge is 0.343 e. The van der Waals surface area contributed by atoms with Crippen LogP contribution in [-0.4, -0.2) is 23.3 Å². The number of ether oxygens (including phenoxy) is 2. The van der Waals surface area contributed by atoms with Crippen LogP contribution in [0.15, 0.2) is 78.9 Å². The molecule has 3 aromatic rings. The summed E-state index contributed by atoms with van der Waals surface area (Å²) in [6, 6.07) is 18.7. The molecular weight excluding hydrogens is 398 g/mol. The minimum atomic E-state index is -0.521. The molecule has 0 aromatic heterocycles. The van der Waals surface area contributed by atoms with Crippen molar-refractivity contribution in [3.63, 3.8) is 0 Å². The lowest BCUT2D eigenvalue weighted by atomic mass is 10.1. The molecule has 7 nitrogen and oxygen atoms in total. The number of non-ortho nitro benzene ring substituents is 1. The van der Waals surface area contributed by atoms with Gasteiger partial charge in [0.2, 0.25) is 0 Å². The Labute approximate surface area is 178 Å². The van der Waals surface area contributed by atoms with Crippen LogP contribution in [0.25, 0.3) is 6.08 Å². The van der Waals surface area contributed by atoms with E-state index in [-0.39, 0.29) is 11.5 Å². The Hall–Kier alpha value is -4.26. The molecule has 0 aliphatic rings. The zero-order valence-corrected chi connectivity index (χ0v) is 16.7. The largest absolute Gasteiger partial charge is 0.494 e. The highest BCUT2D eigenvalue weighted by Crippen LogP contribution is 2.18. The summed E-state index contributed by atoms with van der Waals surface area (Å²) >= 11 is 0. The normalized spacial score (nSPS) is 10.6. The molecule has 7 heteroatoms. The Morgan fingerprint density at radius 3 is 2.23 bits per heavy atom. The third kappa shape index (κ3) is 5.86. The van der Waals surface area contributed by atoms with E-state index in [1.54, 1.807) is 48.5 Å². The predicted molar refractivity (Wildman–Crippen MR) is 115 cm³/mol. The monoisotopic (exact) mass is 417 g/mol. The van der Waals surface area contributed by atoms with Crippen molar-refractivity contribution in [3.05, 3.63) is 106 Å². The zero-order valence-electron chi connectivity index (χ0n) is 16.7. The Balaban J connectivity index is 1.62. The Morgan fingerprint density at radius 1 is 0.935 bits per heavy atom. The Bertz CT molecular complexity index is 1120. The average Bonchev–Trinajstić information content (AvgIpc) is 2.79. The molecule has 0 unspecified atom stereocenters. The second-order valence-corrected chi connectivity index (χ2v) is 6.42. The molecular formula is C24H19NO6. The van der Waals surface area contributed by atoms with Crippen molar-refractivity contribution in [3.8, 4) is 11.5 Å². The number of carbonyl (C=O) groups is 2. The van der Waals surface area contributed by atoms with Crippen molar-refractivity contribution >= 4 is 23.5 Å². The molecule has 31 heavy (non-hydrogen) atoms. The van der Waals surface area contributed by atoms with Gasteiger partial charge in [-0.3, -0.25) is 14.9 Å². The third-order valence-electron chi connectivity index (χ3n) is 4.26. The molecule has 0 radical (unpaired) electrons. The first-order valence-corrected chi connectivity index (χ1v) is 9.48. The fourth-order valence-electron chi connectivity index (χ4n) is 2.72. The summed E-state index contributed by atoms with van der Waals surface area (Å²) in [6.45, 7) is 2.41. The van der Waals surface area contributed by atoms with Gasteiger partial charge in [-0.25, -0.2) is 4.79 Å². The summed E-state index contributed by atoms with van der Waals surface area (Å²) in [7, 11) is 0. The SMILES string of the molecule is CCOc1ccc(C(=O)Oc2ccc(C(=O)/C=C/c3cccc([N+](=O)[O-])c3)cc2)cc1. The molecule has 0 N–H and O–H groups in total. The standard InChI is InChI=1S/C24H19NO6/c1-2-30-21-11-9-19(10-12-21)24(27)31-22-13-7-18(8-14-22)23(26)15-6-17-4-3-5-20(16-17)25(28)29/h3-16H,2H2,1H3/b15-6+. The van der Waals surface area contributed by atoms with Crippen molar-refractivity contribution in [2.45, 2.75) is 6.92 Å². The summed E-state index contributed by atoms with van der Waals surface area (Å²) in [4.78, 5) is 34.9. The van der Waals surface area contributed by atoms with E-state index in [0.29, 0.717) is 34.8 Å². The molecule has 0 saturated carbocycles. The summed E-state index contributed by atoms with van der Waals surface area (Å²) in [5.41, 5.74) is 1.27. The number of hydrogen-bond donors (Lipinski definition) is 0. The number of benzene rings is 3. The summed E-state index contributed by atoms with van der Waals surface area (Å²) in [5, 5.41) is 10.8. The van der Waals surface area contributed by atoms with E-state index in [9.17, 15) is 19.7 Å². The van der Waals surface area contributed by atoms with Crippen LogP contribution in [0.2, 0.25) is 0 Å². The van der Waals surface area contributed by atoms with E-state index in [4.69, 9.17) is 9.47 Å². The summed E-state index contributed by atoms with van der Waals surface area (Å²) < 4.78 is 10.7. The van der Waals surface area contributed by atoms with Crippen LogP contribution in [0, 0.1) is 10.1 Å². The van der Waals surface area contributed by atoms with Crippen molar-refractivity contribution in [1.82, 2.24) is 0 Å². The third-order valence-corrected chi connectivity index (χ3v) is 4.26. The minimum Gasteiger partial charge on any atom is -0.494 e. The molecule has 3 aromatic carbocycles. The number of nitro benzene ring substituents is 1. The van der Waals surface area contributed by atoms with Gasteiger partial charge in [-0.2, -0.15) is 0 Å². The van der Waals surface area contributed by atoms with Crippen LogP contribution in [0.4, 0.5) is 5.69 Å². The van der Waals surface area contributed by atoms with Gasteiger partial charge in [0.25, 0.3) is 5.69 Å². The first kappa shape index (κ1) is 21.4. The zero-order chi connectivity index (χ0) is 22.2. The highest BCUT2D eigenvalue weighted by atomic mass is 16.6. The molecule has 0 bridgehead atoms. The first-order chi connectivity index (χ1) is 15.0. The topological polar surface area (TPSA) is 95.7 Å². The van der Waals surface area contributed by atoms with Gasteiger partial charge >= 0.3 is 5.97 Å². The molecule has 0 saturated heterocycles. The number of allylic oxidation sites excluding steroid dienone is 1. The lowest BCUT2D eigenvalue weighted by molar-refractivity contribution is -0.384. The van der Waals surface area contributed by atoms with Gasteiger partial charge in [0.1, 0.15) is 11.5 Å². The van der Waals surface area contributed by atoms with E-state index >= 15 is 0 Å². The van der Waals surface area contributed by atoms with Gasteiger partial charge in [-0.15, -0.1) is 0 Å². The van der Waals surface area contributed by atoms with Crippen LogP contribution < -0.4 is 9.47 Å². The van der Waals surface area contributed by atoms with Crippen LogP contribution in [0.1, 0.15) is 33.2 Å². The van der Waals surface area contributed by atoms with Gasteiger partial charge in [0.15, 0.2) is 5.78 Å². The van der Waals surface area contributed by atoms with Crippen molar-refractivity contribution in [2.24, 2.45) is 0 Å². The first-order valence-electron chi connectivity index (χ1n) is 9.48. The average molecular weight is 417 g/mol. The van der Waals surface area contributed by atoms with Crippen LogP contribution in [0.3, 0.4) is 0 Å². The van der Waals surface area contributed by atoms with Crippen LogP contribution in [-0.2, 0) is 0 Å². The van der Waals surface area contributed by atoms with Crippen molar-refractivity contribution in [2.75, 3.05) is 6.61 Å². The lowest BCUT2D eigenvalue weighted by Gasteiger charge is -2.06. The second-order valence-electron chi connectivity index (χ2n) is 6.42. The molecule has 0 spiro atoms. The van der Waals surface area contributed by atoms with E-state index in [2.05, 4.69) is 0 Å². The molecule has 0 atom stereocenters. The fourth-order valence-corrected chi connectivity index (χ4v) is 2.72. The van der Waals surface area contributed by atoms with Crippen LogP contribution in [0.5, 0.6) is 11.5 Å². The maximum absolute atomic E-state index is 12.3. The van der Waals surface area contributed by atoms with Gasteiger partial charge < -0.3 is 9.47 Å². The van der Waals surface area contributed by atoms with E-state index in [1.165, 1.54) is 36.4 Å². The number of nitrogens with zero attached hydrogens (tertiary/aromatic N) is 1. The van der Waals surface area contributed by atoms with E-state index in [1.807, 2.05) is 6.92 Å². The predicted octanol–water partition coefficient (Wildman–Crippen LogP) is 5.11. The summed E-state index contributed by atoms with van der Waals surface area (Å²) in [6.07, 6.45) is 2.84. The molecule has 0 aliphatic heterocycles. The highest BCUT2D eigenvalue weighted by molar-refractivity contribution is 6.06. The maximum atomic E-state index is 12.3. The highest BCUT2D eigenvalue weighted by Gasteiger charge is 2.10.